The number of hydrogen-bond donors (Lipinski definition) is 1. The van der Waals surface area contributed by atoms with Crippen molar-refractivity contribution in [3.63, 3.8) is 0 Å². The largest absolute Gasteiger partial charge is 0.390 e. The number of rotatable bonds is 2. The van der Waals surface area contributed by atoms with Crippen molar-refractivity contribution >= 4 is 5.78 Å². The first-order valence-corrected chi connectivity index (χ1v) is 3.85. The van der Waals surface area contributed by atoms with E-state index in [1.54, 1.807) is 13.0 Å². The average Bonchev–Trinajstić information content (AvgIpc) is 2.06. The zero-order valence-electron chi connectivity index (χ0n) is 7.55. The molecule has 1 rings (SSSR count). The molecular formula is C9H13NO2. The standard InChI is InChI=1S/C9H13NO2/c1-7(11)9(2,3)8-5-4-6-12-10-8/h4-6,10H,1-3H3. The molecular weight excluding hydrogens is 154 g/mol. The van der Waals surface area contributed by atoms with Gasteiger partial charge in [-0.05, 0) is 32.9 Å². The zero-order valence-corrected chi connectivity index (χ0v) is 7.55. The van der Waals surface area contributed by atoms with Crippen LogP contribution in [0.2, 0.25) is 0 Å². The topological polar surface area (TPSA) is 38.3 Å². The third-order valence-electron chi connectivity index (χ3n) is 2.13. The summed E-state index contributed by atoms with van der Waals surface area (Å²) < 4.78 is 0. The molecule has 0 bridgehead atoms. The van der Waals surface area contributed by atoms with Gasteiger partial charge in [0.25, 0.3) is 0 Å². The molecule has 1 heterocycles. The van der Waals surface area contributed by atoms with E-state index in [0.717, 1.165) is 5.70 Å². The van der Waals surface area contributed by atoms with Crippen molar-refractivity contribution < 1.29 is 9.63 Å². The number of hydroxylamine groups is 1. The summed E-state index contributed by atoms with van der Waals surface area (Å²) >= 11 is 0. The van der Waals surface area contributed by atoms with Crippen LogP contribution < -0.4 is 5.48 Å². The van der Waals surface area contributed by atoms with Crippen molar-refractivity contribution in [1.29, 1.82) is 0 Å². The summed E-state index contributed by atoms with van der Waals surface area (Å²) in [6.45, 7) is 5.29. The molecule has 3 heteroatoms. The summed E-state index contributed by atoms with van der Waals surface area (Å²) in [5.74, 6) is 0.111. The molecule has 0 radical (unpaired) electrons. The number of allylic oxidation sites excluding steroid dienone is 3. The van der Waals surface area contributed by atoms with Gasteiger partial charge in [0.2, 0.25) is 0 Å². The van der Waals surface area contributed by atoms with E-state index in [0.29, 0.717) is 0 Å². The van der Waals surface area contributed by atoms with Crippen LogP contribution in [0.5, 0.6) is 0 Å². The molecule has 1 aliphatic heterocycles. The average molecular weight is 167 g/mol. The van der Waals surface area contributed by atoms with Gasteiger partial charge >= 0.3 is 0 Å². The van der Waals surface area contributed by atoms with Crippen LogP contribution in [0.15, 0.2) is 24.1 Å². The van der Waals surface area contributed by atoms with Gasteiger partial charge in [0, 0.05) is 0 Å². The molecule has 1 aliphatic rings. The highest BCUT2D eigenvalue weighted by atomic mass is 16.6. The highest BCUT2D eigenvalue weighted by molar-refractivity contribution is 5.84. The summed E-state index contributed by atoms with van der Waals surface area (Å²) in [7, 11) is 0. The van der Waals surface area contributed by atoms with Crippen LogP contribution in [0, 0.1) is 5.41 Å². The lowest BCUT2D eigenvalue weighted by Gasteiger charge is -2.26. The fourth-order valence-electron chi connectivity index (χ4n) is 0.832. The van der Waals surface area contributed by atoms with Crippen LogP contribution >= 0.6 is 0 Å². The van der Waals surface area contributed by atoms with E-state index in [9.17, 15) is 4.79 Å². The summed E-state index contributed by atoms with van der Waals surface area (Å²) in [5.41, 5.74) is 2.99. The van der Waals surface area contributed by atoms with E-state index in [4.69, 9.17) is 4.84 Å². The molecule has 0 amide bonds. The quantitative estimate of drug-likeness (QED) is 0.677. The van der Waals surface area contributed by atoms with Gasteiger partial charge in [-0.3, -0.25) is 4.79 Å². The second-order valence-corrected chi connectivity index (χ2v) is 3.31. The molecule has 0 saturated heterocycles. The molecule has 1 N–H and O–H groups in total. The van der Waals surface area contributed by atoms with Gasteiger partial charge in [-0.1, -0.05) is 0 Å². The first-order chi connectivity index (χ1) is 5.55. The number of carbonyl (C=O) groups is 1. The Morgan fingerprint density at radius 2 is 2.25 bits per heavy atom. The third-order valence-corrected chi connectivity index (χ3v) is 2.13. The monoisotopic (exact) mass is 167 g/mol. The van der Waals surface area contributed by atoms with Gasteiger partial charge in [-0.15, -0.1) is 0 Å². The van der Waals surface area contributed by atoms with E-state index in [1.165, 1.54) is 6.26 Å². The molecule has 0 atom stereocenters. The molecule has 0 aliphatic carbocycles. The zero-order chi connectivity index (χ0) is 9.19. The van der Waals surface area contributed by atoms with Gasteiger partial charge < -0.3 is 4.84 Å². The third kappa shape index (κ3) is 1.49. The van der Waals surface area contributed by atoms with Crippen LogP contribution in [0.4, 0.5) is 0 Å². The maximum Gasteiger partial charge on any atom is 0.141 e. The van der Waals surface area contributed by atoms with E-state index < -0.39 is 5.41 Å². The second kappa shape index (κ2) is 3.01. The summed E-state index contributed by atoms with van der Waals surface area (Å²) in [4.78, 5) is 16.1. The lowest BCUT2D eigenvalue weighted by Crippen LogP contribution is -2.32. The Labute approximate surface area is 72.1 Å². The first kappa shape index (κ1) is 8.84. The van der Waals surface area contributed by atoms with Gasteiger partial charge in [0.1, 0.15) is 12.0 Å². The Morgan fingerprint density at radius 3 is 2.67 bits per heavy atom. The van der Waals surface area contributed by atoms with Gasteiger partial charge in [-0.2, -0.15) is 0 Å². The summed E-state index contributed by atoms with van der Waals surface area (Å²) in [5, 5.41) is 0. The van der Waals surface area contributed by atoms with E-state index in [1.807, 2.05) is 19.9 Å². The maximum atomic E-state index is 11.2. The van der Waals surface area contributed by atoms with Gasteiger partial charge in [-0.25, -0.2) is 5.48 Å². The molecule has 0 fully saturated rings. The molecule has 0 aromatic rings. The van der Waals surface area contributed by atoms with Gasteiger partial charge in [0.05, 0.1) is 11.1 Å². The van der Waals surface area contributed by atoms with Crippen molar-refractivity contribution in [2.24, 2.45) is 5.41 Å². The SMILES string of the molecule is CC(=O)C(C)(C)C1=CC=CON1. The van der Waals surface area contributed by atoms with Crippen LogP contribution in [0.25, 0.3) is 0 Å². The Morgan fingerprint density at radius 1 is 1.58 bits per heavy atom. The number of carbonyl (C=O) groups excluding carboxylic acids is 1. The predicted octanol–water partition coefficient (Wildman–Crippen LogP) is 1.53. The lowest BCUT2D eigenvalue weighted by molar-refractivity contribution is -0.123. The van der Waals surface area contributed by atoms with Crippen molar-refractivity contribution in [1.82, 2.24) is 5.48 Å². The van der Waals surface area contributed by atoms with E-state index >= 15 is 0 Å². The normalized spacial score (nSPS) is 16.1. The molecule has 0 aromatic carbocycles. The number of Topliss-reactive ketones (excluding diaryl/α,β-unsaturated/α-hetero) is 1. The van der Waals surface area contributed by atoms with Crippen LogP contribution in [0.3, 0.4) is 0 Å². The minimum Gasteiger partial charge on any atom is -0.390 e. The molecule has 0 saturated carbocycles. The van der Waals surface area contributed by atoms with Crippen molar-refractivity contribution in [3.8, 4) is 0 Å². The highest BCUT2D eigenvalue weighted by Gasteiger charge is 2.29. The number of nitrogens with one attached hydrogen (secondary N) is 1. The number of ketones is 1. The smallest absolute Gasteiger partial charge is 0.141 e. The molecule has 0 unspecified atom stereocenters. The Kier molecular flexibility index (Phi) is 2.22. The van der Waals surface area contributed by atoms with Crippen molar-refractivity contribution in [2.45, 2.75) is 20.8 Å². The van der Waals surface area contributed by atoms with Crippen molar-refractivity contribution in [2.75, 3.05) is 0 Å². The lowest BCUT2D eigenvalue weighted by atomic mass is 9.85. The first-order valence-electron chi connectivity index (χ1n) is 3.85. The molecule has 66 valence electrons. The van der Waals surface area contributed by atoms with E-state index in [2.05, 4.69) is 5.48 Å². The van der Waals surface area contributed by atoms with Crippen LogP contribution in [-0.4, -0.2) is 5.78 Å². The predicted molar refractivity (Wildman–Crippen MR) is 45.9 cm³/mol. The minimum atomic E-state index is -0.495. The fraction of sp³-hybridized carbons (Fsp3) is 0.444. The van der Waals surface area contributed by atoms with Crippen LogP contribution in [0.1, 0.15) is 20.8 Å². The van der Waals surface area contributed by atoms with Crippen LogP contribution in [-0.2, 0) is 9.63 Å². The molecule has 3 nitrogen and oxygen atoms in total. The Bertz CT molecular complexity index is 251. The maximum absolute atomic E-state index is 11.2. The molecule has 0 aromatic heterocycles. The highest BCUT2D eigenvalue weighted by Crippen LogP contribution is 2.26. The molecule has 12 heavy (non-hydrogen) atoms. The molecule has 0 spiro atoms. The van der Waals surface area contributed by atoms with Gasteiger partial charge in [0.15, 0.2) is 0 Å². The van der Waals surface area contributed by atoms with Crippen molar-refractivity contribution in [3.05, 3.63) is 24.1 Å². The Balaban J connectivity index is 2.87. The minimum absolute atomic E-state index is 0.111. The number of hydrogen-bond acceptors (Lipinski definition) is 3. The fourth-order valence-corrected chi connectivity index (χ4v) is 0.832. The van der Waals surface area contributed by atoms with E-state index in [-0.39, 0.29) is 5.78 Å². The summed E-state index contributed by atoms with van der Waals surface area (Å²) in [6, 6.07) is 0. The summed E-state index contributed by atoms with van der Waals surface area (Å²) in [6.07, 6.45) is 5.13. The Hall–Kier alpha value is -1.25. The second-order valence-electron chi connectivity index (χ2n) is 3.31.